The zero-order chi connectivity index (χ0) is 14.4. The van der Waals surface area contributed by atoms with Gasteiger partial charge in [-0.05, 0) is 19.9 Å². The summed E-state index contributed by atoms with van der Waals surface area (Å²) < 4.78 is 10.5. The third kappa shape index (κ3) is 4.10. The van der Waals surface area contributed by atoms with E-state index in [9.17, 15) is 4.79 Å². The van der Waals surface area contributed by atoms with Crippen LogP contribution in [0.5, 0.6) is 11.5 Å². The van der Waals surface area contributed by atoms with Crippen LogP contribution >= 0.6 is 11.6 Å². The zero-order valence-electron chi connectivity index (χ0n) is 11.2. The van der Waals surface area contributed by atoms with E-state index in [0.717, 1.165) is 0 Å². The normalized spacial score (nSPS) is 10.5. The number of esters is 1. The summed E-state index contributed by atoms with van der Waals surface area (Å²) in [6, 6.07) is 3.27. The first-order valence-electron chi connectivity index (χ1n) is 5.82. The topological polar surface area (TPSA) is 47.9 Å². The van der Waals surface area contributed by atoms with Gasteiger partial charge in [0, 0.05) is 29.8 Å². The predicted molar refractivity (Wildman–Crippen MR) is 77.6 cm³/mol. The van der Waals surface area contributed by atoms with Gasteiger partial charge in [0.2, 0.25) is 0 Å². The first-order chi connectivity index (χ1) is 8.99. The standard InChI is InChI=1S/C14H16ClNO3/c1-5-16-12-8-13(18-6-2)14(19-10(4)17)7-11(12)9(3)15/h5,7-8H,3,6H2,1-2,4H3/b16-5-. The monoisotopic (exact) mass is 281 g/mol. The third-order valence-corrected chi connectivity index (χ3v) is 2.38. The molecule has 0 bridgehead atoms. The molecule has 19 heavy (non-hydrogen) atoms. The Hall–Kier alpha value is -1.81. The Morgan fingerprint density at radius 3 is 2.63 bits per heavy atom. The van der Waals surface area contributed by atoms with E-state index in [1.165, 1.54) is 6.92 Å². The number of benzene rings is 1. The molecule has 0 amide bonds. The van der Waals surface area contributed by atoms with E-state index in [1.807, 2.05) is 6.92 Å². The molecular weight excluding hydrogens is 266 g/mol. The minimum Gasteiger partial charge on any atom is -0.490 e. The van der Waals surface area contributed by atoms with Crippen LogP contribution in [0.1, 0.15) is 26.3 Å². The van der Waals surface area contributed by atoms with Gasteiger partial charge < -0.3 is 9.47 Å². The van der Waals surface area contributed by atoms with Crippen LogP contribution in [-0.4, -0.2) is 18.8 Å². The van der Waals surface area contributed by atoms with Crippen LogP contribution < -0.4 is 9.47 Å². The van der Waals surface area contributed by atoms with Gasteiger partial charge in [0.05, 0.1) is 12.3 Å². The Morgan fingerprint density at radius 1 is 1.47 bits per heavy atom. The summed E-state index contributed by atoms with van der Waals surface area (Å²) in [5, 5.41) is 0.317. The molecule has 0 radical (unpaired) electrons. The van der Waals surface area contributed by atoms with Crippen LogP contribution in [0.15, 0.2) is 23.7 Å². The molecule has 1 aromatic carbocycles. The molecule has 0 unspecified atom stereocenters. The number of halogens is 1. The Kier molecular flexibility index (Phi) is 5.57. The maximum absolute atomic E-state index is 11.1. The van der Waals surface area contributed by atoms with Crippen molar-refractivity contribution in [3.8, 4) is 11.5 Å². The van der Waals surface area contributed by atoms with Crippen LogP contribution in [0.2, 0.25) is 0 Å². The molecule has 0 N–H and O–H groups in total. The smallest absolute Gasteiger partial charge is 0.308 e. The molecule has 0 atom stereocenters. The number of hydrogen-bond acceptors (Lipinski definition) is 4. The summed E-state index contributed by atoms with van der Waals surface area (Å²) in [6.07, 6.45) is 1.64. The number of rotatable bonds is 5. The molecule has 102 valence electrons. The van der Waals surface area contributed by atoms with Gasteiger partial charge in [-0.15, -0.1) is 0 Å². The Balaban J connectivity index is 3.39. The summed E-state index contributed by atoms with van der Waals surface area (Å²) in [5.41, 5.74) is 1.21. The molecule has 1 aromatic rings. The summed E-state index contributed by atoms with van der Waals surface area (Å²) in [4.78, 5) is 15.3. The van der Waals surface area contributed by atoms with Crippen molar-refractivity contribution in [2.24, 2.45) is 4.99 Å². The molecule has 0 saturated carbocycles. The van der Waals surface area contributed by atoms with Gasteiger partial charge in [-0.2, -0.15) is 0 Å². The van der Waals surface area contributed by atoms with E-state index in [0.29, 0.717) is 34.4 Å². The molecule has 5 heteroatoms. The zero-order valence-corrected chi connectivity index (χ0v) is 12.0. The first kappa shape index (κ1) is 15.2. The average molecular weight is 282 g/mol. The second-order valence-electron chi connectivity index (χ2n) is 3.63. The minimum absolute atomic E-state index is 0.307. The number of aliphatic imine (C=N–C) groups is 1. The Morgan fingerprint density at radius 2 is 2.16 bits per heavy atom. The summed E-state index contributed by atoms with van der Waals surface area (Å²) in [5.74, 6) is 0.319. The SMILES string of the molecule is C=C(Cl)c1cc(OC(C)=O)c(OCC)cc1/N=C\C. The van der Waals surface area contributed by atoms with Gasteiger partial charge in [0.15, 0.2) is 11.5 Å². The van der Waals surface area contributed by atoms with Crippen molar-refractivity contribution in [3.63, 3.8) is 0 Å². The van der Waals surface area contributed by atoms with Gasteiger partial charge in [0.25, 0.3) is 0 Å². The highest BCUT2D eigenvalue weighted by molar-refractivity contribution is 6.48. The molecule has 0 aliphatic carbocycles. The lowest BCUT2D eigenvalue weighted by Crippen LogP contribution is -2.04. The van der Waals surface area contributed by atoms with Crippen molar-refractivity contribution in [2.45, 2.75) is 20.8 Å². The lowest BCUT2D eigenvalue weighted by molar-refractivity contribution is -0.132. The molecule has 0 aromatic heterocycles. The molecule has 1 rings (SSSR count). The van der Waals surface area contributed by atoms with Crippen molar-refractivity contribution < 1.29 is 14.3 Å². The summed E-state index contributed by atoms with van der Waals surface area (Å²) >= 11 is 5.93. The van der Waals surface area contributed by atoms with Crippen molar-refractivity contribution >= 4 is 34.5 Å². The van der Waals surface area contributed by atoms with Crippen molar-refractivity contribution in [1.29, 1.82) is 0 Å². The second-order valence-corrected chi connectivity index (χ2v) is 4.09. The number of ether oxygens (including phenoxy) is 2. The highest BCUT2D eigenvalue weighted by Gasteiger charge is 2.14. The van der Waals surface area contributed by atoms with Crippen molar-refractivity contribution in [3.05, 3.63) is 24.3 Å². The third-order valence-electron chi connectivity index (χ3n) is 2.18. The van der Waals surface area contributed by atoms with Crippen LogP contribution in [0.4, 0.5) is 5.69 Å². The van der Waals surface area contributed by atoms with Crippen molar-refractivity contribution in [1.82, 2.24) is 0 Å². The average Bonchev–Trinajstić information content (AvgIpc) is 2.32. The van der Waals surface area contributed by atoms with Crippen LogP contribution in [0.3, 0.4) is 0 Å². The number of nitrogens with zero attached hydrogens (tertiary/aromatic N) is 1. The lowest BCUT2D eigenvalue weighted by Gasteiger charge is -2.13. The molecule has 0 aliphatic heterocycles. The molecule has 0 fully saturated rings. The molecule has 4 nitrogen and oxygen atoms in total. The van der Waals surface area contributed by atoms with Gasteiger partial charge in [-0.3, -0.25) is 9.79 Å². The van der Waals surface area contributed by atoms with Gasteiger partial charge >= 0.3 is 5.97 Å². The van der Waals surface area contributed by atoms with Crippen LogP contribution in [0.25, 0.3) is 5.03 Å². The fraction of sp³-hybridized carbons (Fsp3) is 0.286. The van der Waals surface area contributed by atoms with Crippen molar-refractivity contribution in [2.75, 3.05) is 6.61 Å². The fourth-order valence-electron chi connectivity index (χ4n) is 1.52. The highest BCUT2D eigenvalue weighted by atomic mass is 35.5. The number of carbonyl (C=O) groups excluding carboxylic acids is 1. The highest BCUT2D eigenvalue weighted by Crippen LogP contribution is 2.39. The summed E-state index contributed by atoms with van der Waals surface area (Å²) in [7, 11) is 0. The van der Waals surface area contributed by atoms with Gasteiger partial charge in [0.1, 0.15) is 0 Å². The van der Waals surface area contributed by atoms with Crippen LogP contribution in [-0.2, 0) is 4.79 Å². The van der Waals surface area contributed by atoms with E-state index in [-0.39, 0.29) is 0 Å². The fourth-order valence-corrected chi connectivity index (χ4v) is 1.67. The molecular formula is C14H16ClNO3. The van der Waals surface area contributed by atoms with Crippen LogP contribution in [0, 0.1) is 0 Å². The second kappa shape index (κ2) is 6.95. The predicted octanol–water partition coefficient (Wildman–Crippen LogP) is 3.94. The van der Waals surface area contributed by atoms with E-state index in [1.54, 1.807) is 25.3 Å². The van der Waals surface area contributed by atoms with Gasteiger partial charge in [-0.25, -0.2) is 0 Å². The van der Waals surface area contributed by atoms with E-state index in [4.69, 9.17) is 21.1 Å². The summed E-state index contributed by atoms with van der Waals surface area (Å²) in [6.45, 7) is 9.08. The first-order valence-corrected chi connectivity index (χ1v) is 6.20. The molecule has 0 heterocycles. The minimum atomic E-state index is -0.432. The van der Waals surface area contributed by atoms with E-state index in [2.05, 4.69) is 11.6 Å². The molecule has 0 saturated heterocycles. The van der Waals surface area contributed by atoms with Gasteiger partial charge in [-0.1, -0.05) is 18.2 Å². The molecule has 0 aliphatic rings. The Labute approximate surface area is 117 Å². The number of carbonyl (C=O) groups is 1. The largest absolute Gasteiger partial charge is 0.490 e. The quantitative estimate of drug-likeness (QED) is 0.466. The lowest BCUT2D eigenvalue weighted by atomic mass is 10.1. The molecule has 0 spiro atoms. The maximum atomic E-state index is 11.1. The maximum Gasteiger partial charge on any atom is 0.308 e. The Bertz CT molecular complexity index is 524. The van der Waals surface area contributed by atoms with E-state index < -0.39 is 5.97 Å². The van der Waals surface area contributed by atoms with E-state index >= 15 is 0 Å². The number of hydrogen-bond donors (Lipinski definition) is 0.